The number of hydrogen-bond donors (Lipinski definition) is 1. The number of anilines is 2. The Morgan fingerprint density at radius 3 is 3.00 bits per heavy atom. The summed E-state index contributed by atoms with van der Waals surface area (Å²) < 4.78 is 4.74. The molecule has 0 aromatic heterocycles. The monoisotopic (exact) mass is 266 g/mol. The fourth-order valence-electron chi connectivity index (χ4n) is 2.15. The molecule has 1 unspecified atom stereocenters. The molecule has 1 aliphatic heterocycles. The highest BCUT2D eigenvalue weighted by molar-refractivity contribution is 8.00. The van der Waals surface area contributed by atoms with E-state index in [0.29, 0.717) is 16.5 Å². The molecule has 1 aromatic carbocycles. The van der Waals surface area contributed by atoms with Gasteiger partial charge in [0.05, 0.1) is 24.0 Å². The second-order valence-electron chi connectivity index (χ2n) is 4.36. The molecule has 18 heavy (non-hydrogen) atoms. The SMILES string of the molecule is COC(=O)c1cccc(N2CCSC(C)C2)c1N. The van der Waals surface area contributed by atoms with Crippen molar-refractivity contribution in [3.05, 3.63) is 23.8 Å². The second kappa shape index (κ2) is 5.52. The Labute approximate surface area is 111 Å². The van der Waals surface area contributed by atoms with Gasteiger partial charge in [0.2, 0.25) is 0 Å². The Bertz CT molecular complexity index is 451. The summed E-state index contributed by atoms with van der Waals surface area (Å²) in [5.74, 6) is 0.706. The number of hydrogen-bond acceptors (Lipinski definition) is 5. The normalized spacial score (nSPS) is 19.7. The van der Waals surface area contributed by atoms with Crippen LogP contribution in [0.3, 0.4) is 0 Å². The third-order valence-corrected chi connectivity index (χ3v) is 4.21. The van der Waals surface area contributed by atoms with Gasteiger partial charge in [-0.15, -0.1) is 0 Å². The molecule has 4 nitrogen and oxygen atoms in total. The van der Waals surface area contributed by atoms with Crippen LogP contribution in [-0.2, 0) is 4.74 Å². The van der Waals surface area contributed by atoms with Crippen molar-refractivity contribution in [3.63, 3.8) is 0 Å². The summed E-state index contributed by atoms with van der Waals surface area (Å²) >= 11 is 1.96. The number of rotatable bonds is 2. The highest BCUT2D eigenvalue weighted by atomic mass is 32.2. The van der Waals surface area contributed by atoms with Crippen LogP contribution in [-0.4, -0.2) is 37.2 Å². The van der Waals surface area contributed by atoms with Crippen LogP contribution in [0, 0.1) is 0 Å². The van der Waals surface area contributed by atoms with E-state index < -0.39 is 0 Å². The summed E-state index contributed by atoms with van der Waals surface area (Å²) in [4.78, 5) is 13.8. The molecule has 0 aliphatic carbocycles. The zero-order chi connectivity index (χ0) is 13.1. The van der Waals surface area contributed by atoms with E-state index >= 15 is 0 Å². The zero-order valence-electron chi connectivity index (χ0n) is 10.7. The first-order valence-corrected chi connectivity index (χ1v) is 7.01. The van der Waals surface area contributed by atoms with Crippen LogP contribution in [0.2, 0.25) is 0 Å². The van der Waals surface area contributed by atoms with E-state index in [1.807, 2.05) is 23.9 Å². The summed E-state index contributed by atoms with van der Waals surface area (Å²) in [5.41, 5.74) is 7.98. The molecule has 98 valence electrons. The molecule has 0 amide bonds. The van der Waals surface area contributed by atoms with Gasteiger partial charge >= 0.3 is 5.97 Å². The lowest BCUT2D eigenvalue weighted by Gasteiger charge is -2.33. The molecule has 1 atom stereocenters. The van der Waals surface area contributed by atoms with Gasteiger partial charge in [0, 0.05) is 24.1 Å². The van der Waals surface area contributed by atoms with Crippen LogP contribution in [0.25, 0.3) is 0 Å². The number of para-hydroxylation sites is 1. The molecule has 0 spiro atoms. The summed E-state index contributed by atoms with van der Waals surface area (Å²) in [5, 5.41) is 0.583. The Kier molecular flexibility index (Phi) is 4.01. The van der Waals surface area contributed by atoms with E-state index in [1.54, 1.807) is 6.07 Å². The Morgan fingerprint density at radius 2 is 2.33 bits per heavy atom. The quantitative estimate of drug-likeness (QED) is 0.655. The Hall–Kier alpha value is -1.36. The Balaban J connectivity index is 2.30. The fourth-order valence-corrected chi connectivity index (χ4v) is 3.17. The summed E-state index contributed by atoms with van der Waals surface area (Å²) in [6, 6.07) is 5.52. The van der Waals surface area contributed by atoms with E-state index in [4.69, 9.17) is 10.5 Å². The van der Waals surface area contributed by atoms with Gasteiger partial charge in [-0.1, -0.05) is 13.0 Å². The first-order valence-electron chi connectivity index (χ1n) is 5.97. The van der Waals surface area contributed by atoms with Crippen molar-refractivity contribution in [3.8, 4) is 0 Å². The highest BCUT2D eigenvalue weighted by Gasteiger charge is 2.21. The summed E-state index contributed by atoms with van der Waals surface area (Å²) in [7, 11) is 1.37. The molecular formula is C13H18N2O2S. The molecule has 2 N–H and O–H groups in total. The van der Waals surface area contributed by atoms with Crippen molar-refractivity contribution in [2.75, 3.05) is 36.6 Å². The lowest BCUT2D eigenvalue weighted by Crippen LogP contribution is -2.37. The van der Waals surface area contributed by atoms with Crippen molar-refractivity contribution < 1.29 is 9.53 Å². The molecular weight excluding hydrogens is 248 g/mol. The van der Waals surface area contributed by atoms with E-state index in [-0.39, 0.29) is 5.97 Å². The van der Waals surface area contributed by atoms with E-state index in [0.717, 1.165) is 24.5 Å². The molecule has 1 aliphatic rings. The van der Waals surface area contributed by atoms with Crippen molar-refractivity contribution in [1.82, 2.24) is 0 Å². The minimum atomic E-state index is -0.381. The van der Waals surface area contributed by atoms with Crippen molar-refractivity contribution >= 4 is 29.1 Å². The molecule has 0 bridgehead atoms. The average molecular weight is 266 g/mol. The average Bonchev–Trinajstić information content (AvgIpc) is 2.38. The number of esters is 1. The van der Waals surface area contributed by atoms with Gasteiger partial charge in [0.25, 0.3) is 0 Å². The predicted molar refractivity (Wildman–Crippen MR) is 76.3 cm³/mol. The summed E-state index contributed by atoms with van der Waals surface area (Å²) in [6.45, 7) is 4.13. The maximum atomic E-state index is 11.6. The van der Waals surface area contributed by atoms with E-state index in [1.165, 1.54) is 7.11 Å². The van der Waals surface area contributed by atoms with Gasteiger partial charge in [-0.2, -0.15) is 11.8 Å². The number of carbonyl (C=O) groups excluding carboxylic acids is 1. The van der Waals surface area contributed by atoms with Crippen LogP contribution < -0.4 is 10.6 Å². The standard InChI is InChI=1S/C13H18N2O2S/c1-9-8-15(6-7-18-9)11-5-3-4-10(12(11)14)13(16)17-2/h3-5,9H,6-8,14H2,1-2H3. The fraction of sp³-hybridized carbons (Fsp3) is 0.462. The number of thioether (sulfide) groups is 1. The molecule has 1 heterocycles. The lowest BCUT2D eigenvalue weighted by molar-refractivity contribution is 0.0602. The van der Waals surface area contributed by atoms with Gasteiger partial charge in [0.15, 0.2) is 0 Å². The molecule has 1 fully saturated rings. The third kappa shape index (κ3) is 2.56. The smallest absolute Gasteiger partial charge is 0.340 e. The summed E-state index contributed by atoms with van der Waals surface area (Å²) in [6.07, 6.45) is 0. The van der Waals surface area contributed by atoms with Gasteiger partial charge < -0.3 is 15.4 Å². The van der Waals surface area contributed by atoms with Gasteiger partial charge in [0.1, 0.15) is 0 Å². The predicted octanol–water partition coefficient (Wildman–Crippen LogP) is 2.00. The van der Waals surface area contributed by atoms with Crippen LogP contribution in [0.15, 0.2) is 18.2 Å². The van der Waals surface area contributed by atoms with Gasteiger partial charge in [-0.25, -0.2) is 4.79 Å². The first kappa shape index (κ1) is 13.1. The minimum absolute atomic E-state index is 0.381. The molecule has 0 saturated carbocycles. The number of nitrogens with zero attached hydrogens (tertiary/aromatic N) is 1. The van der Waals surface area contributed by atoms with E-state index in [9.17, 15) is 4.79 Å². The lowest BCUT2D eigenvalue weighted by atomic mass is 10.1. The first-order chi connectivity index (χ1) is 8.63. The number of ether oxygens (including phenoxy) is 1. The number of methoxy groups -OCH3 is 1. The molecule has 1 aromatic rings. The molecule has 0 radical (unpaired) electrons. The van der Waals surface area contributed by atoms with Crippen molar-refractivity contribution in [2.24, 2.45) is 0 Å². The number of carbonyl (C=O) groups is 1. The maximum absolute atomic E-state index is 11.6. The zero-order valence-corrected chi connectivity index (χ0v) is 11.5. The third-order valence-electron chi connectivity index (χ3n) is 3.07. The van der Waals surface area contributed by atoms with Gasteiger partial charge in [-0.3, -0.25) is 0 Å². The van der Waals surface area contributed by atoms with E-state index in [2.05, 4.69) is 11.8 Å². The van der Waals surface area contributed by atoms with Crippen molar-refractivity contribution in [1.29, 1.82) is 0 Å². The van der Waals surface area contributed by atoms with Crippen LogP contribution in [0.1, 0.15) is 17.3 Å². The molecule has 1 saturated heterocycles. The maximum Gasteiger partial charge on any atom is 0.340 e. The number of nitrogens with two attached hydrogens (primary N) is 1. The molecule has 5 heteroatoms. The van der Waals surface area contributed by atoms with Crippen LogP contribution in [0.5, 0.6) is 0 Å². The van der Waals surface area contributed by atoms with Crippen LogP contribution >= 0.6 is 11.8 Å². The number of benzene rings is 1. The Morgan fingerprint density at radius 1 is 1.56 bits per heavy atom. The molecule has 2 rings (SSSR count). The minimum Gasteiger partial charge on any atom is -0.465 e. The number of nitrogen functional groups attached to an aromatic ring is 1. The highest BCUT2D eigenvalue weighted by Crippen LogP contribution is 2.30. The van der Waals surface area contributed by atoms with Gasteiger partial charge in [-0.05, 0) is 12.1 Å². The largest absolute Gasteiger partial charge is 0.465 e. The topological polar surface area (TPSA) is 55.6 Å². The van der Waals surface area contributed by atoms with Crippen LogP contribution in [0.4, 0.5) is 11.4 Å². The van der Waals surface area contributed by atoms with Crippen molar-refractivity contribution in [2.45, 2.75) is 12.2 Å². The second-order valence-corrected chi connectivity index (χ2v) is 5.90.